The van der Waals surface area contributed by atoms with Crippen LogP contribution in [0.25, 0.3) is 171 Å². The Morgan fingerprint density at radius 3 is 0.515 bits per heavy atom. The largest absolute Gasteiger partial charge is 0.309 e. The van der Waals surface area contributed by atoms with Crippen molar-refractivity contribution in [3.8, 4) is 34.1 Å². The van der Waals surface area contributed by atoms with Crippen molar-refractivity contribution < 1.29 is 4.79 Å². The molecule has 6 aromatic heterocycles. The monoisotopic (exact) mass is 1360 g/mol. The van der Waals surface area contributed by atoms with E-state index in [-0.39, 0.29) is 0 Å². The first-order chi connectivity index (χ1) is 50.0. The van der Waals surface area contributed by atoms with E-state index < -0.39 is 0 Å². The molecule has 0 atom stereocenters. The van der Waals surface area contributed by atoms with Crippen LogP contribution in [0.4, 0.5) is 0 Å². The van der Waals surface area contributed by atoms with E-state index in [0.29, 0.717) is 5.56 Å². The third-order valence-corrected chi connectivity index (χ3v) is 20.6. The zero-order chi connectivity index (χ0) is 67.2. The maximum Gasteiger partial charge on any atom is 0.150 e. The highest BCUT2D eigenvalue weighted by atomic mass is 79.9. The number of aromatic nitrogens is 6. The van der Waals surface area contributed by atoms with Crippen LogP contribution in [0.1, 0.15) is 15.9 Å². The molecule has 0 aliphatic heterocycles. The van der Waals surface area contributed by atoms with Gasteiger partial charge < -0.3 is 27.4 Å². The average molecular weight is 1360 g/mol. The summed E-state index contributed by atoms with van der Waals surface area (Å²) in [7, 11) is 0. The third-order valence-electron chi connectivity index (χ3n) is 20.1. The summed E-state index contributed by atoms with van der Waals surface area (Å²) in [5, 5.41) is 14.9. The Balaban J connectivity index is 0.000000105. The normalized spacial score (nSPS) is 11.7. The van der Waals surface area contributed by atoms with Crippen LogP contribution in [0.3, 0.4) is 0 Å². The molecule has 0 saturated heterocycles. The second-order valence-electron chi connectivity index (χ2n) is 25.8. The van der Waals surface area contributed by atoms with Gasteiger partial charge in [-0.05, 0) is 133 Å². The number of carbonyl (C=O) groups is 1. The first kappa shape index (κ1) is 59.3. The summed E-state index contributed by atoms with van der Waals surface area (Å²) in [6.07, 6.45) is 2.88. The molecule has 0 N–H and O–H groups in total. The topological polar surface area (TPSA) is 46.6 Å². The molecule has 0 fully saturated rings. The predicted molar refractivity (Wildman–Crippen MR) is 429 cm³/mol. The van der Waals surface area contributed by atoms with Crippen molar-refractivity contribution in [2.45, 2.75) is 0 Å². The minimum Gasteiger partial charge on any atom is -0.309 e. The molecule has 0 saturated carbocycles. The van der Waals surface area contributed by atoms with Gasteiger partial charge in [0.1, 0.15) is 6.29 Å². The first-order valence-electron chi connectivity index (χ1n) is 34.1. The van der Waals surface area contributed by atoms with Gasteiger partial charge in [-0.3, -0.25) is 4.79 Å². The van der Waals surface area contributed by atoms with Gasteiger partial charge >= 0.3 is 0 Å². The Morgan fingerprint density at radius 1 is 0.208 bits per heavy atom. The third kappa shape index (κ3) is 9.66. The molecule has 0 aliphatic rings. The Morgan fingerprint density at radius 2 is 0.356 bits per heavy atom. The number of carbonyl (C=O) groups excluding carboxylic acids is 1. The van der Waals surface area contributed by atoms with Crippen LogP contribution in [0.2, 0.25) is 0 Å². The van der Waals surface area contributed by atoms with Gasteiger partial charge in [0.2, 0.25) is 0 Å². The molecule has 15 aromatic carbocycles. The molecule has 0 spiro atoms. The number of halogens is 1. The van der Waals surface area contributed by atoms with E-state index in [9.17, 15) is 4.79 Å². The highest BCUT2D eigenvalue weighted by Gasteiger charge is 2.21. The van der Waals surface area contributed by atoms with Crippen LogP contribution >= 0.6 is 15.9 Å². The van der Waals surface area contributed by atoms with Crippen LogP contribution in [-0.4, -0.2) is 33.7 Å². The molecule has 0 amide bonds. The summed E-state index contributed by atoms with van der Waals surface area (Å²) in [6.45, 7) is 4.11. The molecule has 0 aliphatic carbocycles. The molecule has 0 radical (unpaired) electrons. The second kappa shape index (κ2) is 24.2. The van der Waals surface area contributed by atoms with Crippen LogP contribution in [0.5, 0.6) is 0 Å². The van der Waals surface area contributed by atoms with Crippen molar-refractivity contribution in [3.05, 3.63) is 368 Å². The van der Waals surface area contributed by atoms with Gasteiger partial charge in [-0.15, -0.1) is 0 Å². The quantitative estimate of drug-likeness (QED) is 0.140. The highest BCUT2D eigenvalue weighted by molar-refractivity contribution is 9.10. The standard InChI is InChI=1S/C32H22N2.C31H20N2O.C30H19BrN2/c1-2-22-19-23(33-29-15-7-3-11-25(29)26-12-4-8-16-30(26)33)21-24(20-22)34-31-17-9-5-13-27(31)28-14-6-10-18-32(28)34;34-20-21-17-22(32-28-13-5-1-9-24(28)25-10-2-6-14-29(25)32)19-23(18-21)33-30-15-7-3-11-26(30)27-12-4-8-16-31(27)33;31-20-17-21(32-27-13-5-1-9-23(27)24-10-2-6-14-28(24)32)19-22(18-20)33-29-15-7-3-11-25(29)26-12-4-8-16-30(26)33/h2-21H,1H2;1-20H;1-19H. The maximum absolute atomic E-state index is 12.1. The number of aldehydes is 1. The Bertz CT molecular complexity index is 5930. The number of benzene rings is 15. The molecular formula is C93H61BrN6O. The molecule has 8 heteroatoms. The first-order valence-corrected chi connectivity index (χ1v) is 34.9. The van der Waals surface area contributed by atoms with E-state index in [4.69, 9.17) is 0 Å². The Hall–Kier alpha value is -13.0. The van der Waals surface area contributed by atoms with E-state index in [1.54, 1.807) is 0 Å². The molecular weight excluding hydrogens is 1300 g/mol. The van der Waals surface area contributed by atoms with Crippen LogP contribution in [0, 0.1) is 0 Å². The molecule has 21 rings (SSSR count). The minimum absolute atomic E-state index is 0.649. The number of fused-ring (bicyclic) bond motifs is 18. The van der Waals surface area contributed by atoms with Gasteiger partial charge in [-0.1, -0.05) is 247 Å². The second-order valence-corrected chi connectivity index (χ2v) is 26.7. The number of hydrogen-bond acceptors (Lipinski definition) is 1. The van der Waals surface area contributed by atoms with E-state index in [2.05, 4.69) is 384 Å². The zero-order valence-corrected chi connectivity index (χ0v) is 56.3. The lowest BCUT2D eigenvalue weighted by Crippen LogP contribution is -2.00. The van der Waals surface area contributed by atoms with E-state index in [0.717, 1.165) is 72.5 Å². The zero-order valence-electron chi connectivity index (χ0n) is 54.7. The summed E-state index contributed by atoms with van der Waals surface area (Å²) in [6, 6.07) is 122. The molecule has 21 aromatic rings. The van der Waals surface area contributed by atoms with Gasteiger partial charge in [-0.2, -0.15) is 0 Å². The van der Waals surface area contributed by atoms with Gasteiger partial charge in [0.05, 0.1) is 66.2 Å². The number of rotatable bonds is 8. The lowest BCUT2D eigenvalue weighted by molar-refractivity contribution is 0.112. The van der Waals surface area contributed by atoms with E-state index in [1.165, 1.54) is 109 Å². The lowest BCUT2D eigenvalue weighted by atomic mass is 10.1. The summed E-state index contributed by atoms with van der Waals surface area (Å²) >= 11 is 3.81. The van der Waals surface area contributed by atoms with Crippen LogP contribution in [-0.2, 0) is 0 Å². The fourth-order valence-corrected chi connectivity index (χ4v) is 16.4. The summed E-state index contributed by atoms with van der Waals surface area (Å²) in [5.41, 5.74) is 22.4. The van der Waals surface area contributed by atoms with E-state index >= 15 is 0 Å². The summed E-state index contributed by atoms with van der Waals surface area (Å²) < 4.78 is 15.0. The van der Waals surface area contributed by atoms with Crippen molar-refractivity contribution in [1.82, 2.24) is 27.4 Å². The smallest absolute Gasteiger partial charge is 0.150 e. The van der Waals surface area contributed by atoms with E-state index in [1.807, 2.05) is 18.2 Å². The number of hydrogen-bond donors (Lipinski definition) is 0. The van der Waals surface area contributed by atoms with Crippen molar-refractivity contribution in [2.24, 2.45) is 0 Å². The molecule has 476 valence electrons. The molecule has 0 unspecified atom stereocenters. The Labute approximate surface area is 589 Å². The van der Waals surface area contributed by atoms with Crippen molar-refractivity contribution >= 4 is 159 Å². The highest BCUT2D eigenvalue weighted by Crippen LogP contribution is 2.41. The summed E-state index contributed by atoms with van der Waals surface area (Å²) in [4.78, 5) is 12.1. The summed E-state index contributed by atoms with van der Waals surface area (Å²) in [5.74, 6) is 0. The molecule has 0 bridgehead atoms. The molecule has 7 nitrogen and oxygen atoms in total. The van der Waals surface area contributed by atoms with Gasteiger partial charge in [0.25, 0.3) is 0 Å². The number of nitrogens with zero attached hydrogens (tertiary/aromatic N) is 6. The van der Waals surface area contributed by atoms with Crippen LogP contribution in [0.15, 0.2) is 357 Å². The van der Waals surface area contributed by atoms with Gasteiger partial charge in [0, 0.05) is 109 Å². The number of para-hydroxylation sites is 12. The lowest BCUT2D eigenvalue weighted by Gasteiger charge is -2.14. The molecule has 6 heterocycles. The molecule has 101 heavy (non-hydrogen) atoms. The van der Waals surface area contributed by atoms with Crippen molar-refractivity contribution in [3.63, 3.8) is 0 Å². The SMILES string of the molecule is Brc1cc(-n2c3ccccc3c3ccccc32)cc(-n2c3ccccc3c3ccccc32)c1.C=Cc1cc(-n2c3ccccc3c3ccccc32)cc(-n2c3ccccc3c3ccccc32)c1.O=Cc1cc(-n2c3ccccc3c3ccccc32)cc(-n2c3ccccc3c3ccccc32)c1. The minimum atomic E-state index is 0.649. The van der Waals surface area contributed by atoms with Crippen LogP contribution < -0.4 is 0 Å². The van der Waals surface area contributed by atoms with Crippen molar-refractivity contribution in [1.29, 1.82) is 0 Å². The average Bonchev–Trinajstić information content (AvgIpc) is 1.61. The predicted octanol–water partition coefficient (Wildman–Crippen LogP) is 24.9. The van der Waals surface area contributed by atoms with Crippen molar-refractivity contribution in [2.75, 3.05) is 0 Å². The van der Waals surface area contributed by atoms with Gasteiger partial charge in [-0.25, -0.2) is 0 Å². The fourth-order valence-electron chi connectivity index (χ4n) is 16.0. The Kier molecular flexibility index (Phi) is 14.2. The maximum atomic E-state index is 12.1. The fraction of sp³-hybridized carbons (Fsp3) is 0. The van der Waals surface area contributed by atoms with Gasteiger partial charge in [0.15, 0.2) is 0 Å².